The number of carbonyl (C=O) groups is 1. The van der Waals surface area contributed by atoms with Crippen LogP contribution < -0.4 is 9.64 Å². The summed E-state index contributed by atoms with van der Waals surface area (Å²) in [4.78, 5) is 26.2. The maximum atomic E-state index is 13.0. The van der Waals surface area contributed by atoms with Crippen LogP contribution in [-0.2, 0) is 6.42 Å². The molecule has 2 aliphatic rings. The molecule has 2 aliphatic heterocycles. The highest BCUT2D eigenvalue weighted by Crippen LogP contribution is 2.29. The first-order chi connectivity index (χ1) is 15.1. The van der Waals surface area contributed by atoms with Gasteiger partial charge in [-0.25, -0.2) is 9.97 Å². The van der Waals surface area contributed by atoms with Gasteiger partial charge in [0.1, 0.15) is 17.3 Å². The summed E-state index contributed by atoms with van der Waals surface area (Å²) in [6.45, 7) is 5.24. The Balaban J connectivity index is 1.30. The van der Waals surface area contributed by atoms with Gasteiger partial charge in [-0.3, -0.25) is 4.79 Å². The van der Waals surface area contributed by atoms with E-state index in [-0.39, 0.29) is 11.7 Å². The van der Waals surface area contributed by atoms with Crippen LogP contribution in [0.1, 0.15) is 21.6 Å². The van der Waals surface area contributed by atoms with E-state index in [0.717, 1.165) is 34.8 Å². The molecule has 1 fully saturated rings. The number of para-hydroxylation sites is 1. The van der Waals surface area contributed by atoms with E-state index < -0.39 is 0 Å². The molecule has 1 N–H and O–H groups in total. The second-order valence-electron chi connectivity index (χ2n) is 7.91. The molecule has 0 saturated carbocycles. The number of benzene rings is 2. The second kappa shape index (κ2) is 7.91. The van der Waals surface area contributed by atoms with Crippen molar-refractivity contribution in [1.29, 1.82) is 0 Å². The molecule has 31 heavy (non-hydrogen) atoms. The lowest BCUT2D eigenvalue weighted by Gasteiger charge is -2.35. The third-order valence-corrected chi connectivity index (χ3v) is 5.81. The Bertz CT molecular complexity index is 1140. The number of fused-ring (bicyclic) bond motifs is 1. The van der Waals surface area contributed by atoms with E-state index in [9.17, 15) is 9.90 Å². The van der Waals surface area contributed by atoms with Gasteiger partial charge in [-0.2, -0.15) is 0 Å². The summed E-state index contributed by atoms with van der Waals surface area (Å²) in [5.74, 6) is 2.43. The molecule has 7 heteroatoms. The number of phenolic OH excluding ortho intramolecular Hbond substituents is 1. The lowest BCUT2D eigenvalue weighted by molar-refractivity contribution is 0.0746. The summed E-state index contributed by atoms with van der Waals surface area (Å²) in [6, 6.07) is 14.7. The monoisotopic (exact) mass is 416 g/mol. The summed E-state index contributed by atoms with van der Waals surface area (Å²) in [5.41, 5.74) is 3.28. The normalized spacial score (nSPS) is 15.5. The summed E-state index contributed by atoms with van der Waals surface area (Å²) < 4.78 is 5.54. The molecule has 7 nitrogen and oxygen atoms in total. The zero-order valence-corrected chi connectivity index (χ0v) is 17.4. The minimum atomic E-state index is 0.0584. The maximum Gasteiger partial charge on any atom is 0.253 e. The van der Waals surface area contributed by atoms with Crippen LogP contribution in [0, 0.1) is 6.92 Å². The molecule has 158 valence electrons. The first-order valence-electron chi connectivity index (χ1n) is 10.5. The van der Waals surface area contributed by atoms with Gasteiger partial charge in [0.25, 0.3) is 5.91 Å². The Morgan fingerprint density at radius 2 is 1.84 bits per heavy atom. The molecule has 1 aromatic heterocycles. The van der Waals surface area contributed by atoms with Gasteiger partial charge in [-0.1, -0.05) is 12.1 Å². The van der Waals surface area contributed by atoms with Crippen LogP contribution in [0.25, 0.3) is 11.4 Å². The van der Waals surface area contributed by atoms with Crippen molar-refractivity contribution in [1.82, 2.24) is 14.9 Å². The number of aryl methyl sites for hydroxylation is 1. The number of hydrogen-bond donors (Lipinski definition) is 1. The van der Waals surface area contributed by atoms with Crippen molar-refractivity contribution in [3.8, 4) is 22.9 Å². The highest BCUT2D eigenvalue weighted by Gasteiger charge is 2.25. The molecule has 3 heterocycles. The van der Waals surface area contributed by atoms with E-state index in [1.807, 2.05) is 48.2 Å². The predicted octanol–water partition coefficient (Wildman–Crippen LogP) is 3.05. The molecule has 3 aromatic rings. The minimum Gasteiger partial charge on any atom is -0.507 e. The standard InChI is InChI=1S/C24H24N4O3/c1-16-14-22(26-23(25-16)19-4-2-3-5-20(19)29)27-9-11-28(12-10-27)24(30)18-6-7-21-17(15-18)8-13-31-21/h2-7,14-15,29H,8-13H2,1H3. The molecule has 2 aromatic carbocycles. The van der Waals surface area contributed by atoms with Gasteiger partial charge in [0.05, 0.1) is 12.2 Å². The number of phenols is 1. The number of hydrogen-bond acceptors (Lipinski definition) is 6. The Hall–Kier alpha value is -3.61. The average Bonchev–Trinajstić information content (AvgIpc) is 3.26. The number of nitrogens with zero attached hydrogens (tertiary/aromatic N) is 4. The molecule has 0 radical (unpaired) electrons. The molecule has 0 unspecified atom stereocenters. The first-order valence-corrected chi connectivity index (χ1v) is 10.5. The van der Waals surface area contributed by atoms with Crippen molar-refractivity contribution >= 4 is 11.7 Å². The van der Waals surface area contributed by atoms with Crippen molar-refractivity contribution in [2.24, 2.45) is 0 Å². The predicted molar refractivity (Wildman–Crippen MR) is 118 cm³/mol. The van der Waals surface area contributed by atoms with E-state index in [2.05, 4.69) is 9.88 Å². The number of anilines is 1. The molecule has 0 aliphatic carbocycles. The summed E-state index contributed by atoms with van der Waals surface area (Å²) in [6.07, 6.45) is 0.858. The number of amides is 1. The Morgan fingerprint density at radius 3 is 2.65 bits per heavy atom. The SMILES string of the molecule is Cc1cc(N2CCN(C(=O)c3ccc4c(c3)CCO4)CC2)nc(-c2ccccc2O)n1. The van der Waals surface area contributed by atoms with Crippen LogP contribution in [-0.4, -0.2) is 58.7 Å². The number of ether oxygens (including phenoxy) is 1. The minimum absolute atomic E-state index is 0.0584. The van der Waals surface area contributed by atoms with Gasteiger partial charge in [0.15, 0.2) is 5.82 Å². The van der Waals surface area contributed by atoms with Crippen LogP contribution in [0.4, 0.5) is 5.82 Å². The van der Waals surface area contributed by atoms with Gasteiger partial charge in [-0.05, 0) is 42.8 Å². The van der Waals surface area contributed by atoms with Crippen LogP contribution >= 0.6 is 0 Å². The fourth-order valence-electron chi connectivity index (χ4n) is 4.14. The highest BCUT2D eigenvalue weighted by molar-refractivity contribution is 5.94. The lowest BCUT2D eigenvalue weighted by atomic mass is 10.1. The van der Waals surface area contributed by atoms with Gasteiger partial charge in [0.2, 0.25) is 0 Å². The van der Waals surface area contributed by atoms with Crippen molar-refractivity contribution < 1.29 is 14.6 Å². The third kappa shape index (κ3) is 3.79. The van der Waals surface area contributed by atoms with Crippen LogP contribution in [0.2, 0.25) is 0 Å². The lowest BCUT2D eigenvalue weighted by Crippen LogP contribution is -2.49. The van der Waals surface area contributed by atoms with Crippen molar-refractivity contribution in [3.05, 3.63) is 65.4 Å². The molecular weight excluding hydrogens is 392 g/mol. The van der Waals surface area contributed by atoms with Gasteiger partial charge < -0.3 is 19.6 Å². The van der Waals surface area contributed by atoms with E-state index in [1.54, 1.807) is 12.1 Å². The number of piperazine rings is 1. The number of carbonyl (C=O) groups excluding carboxylic acids is 1. The summed E-state index contributed by atoms with van der Waals surface area (Å²) in [7, 11) is 0. The Labute approximate surface area is 180 Å². The Morgan fingerprint density at radius 1 is 1.03 bits per heavy atom. The van der Waals surface area contributed by atoms with E-state index in [4.69, 9.17) is 9.72 Å². The van der Waals surface area contributed by atoms with Crippen LogP contribution in [0.5, 0.6) is 11.5 Å². The molecule has 0 atom stereocenters. The van der Waals surface area contributed by atoms with Crippen molar-refractivity contribution in [2.75, 3.05) is 37.7 Å². The highest BCUT2D eigenvalue weighted by atomic mass is 16.5. The zero-order valence-electron chi connectivity index (χ0n) is 17.4. The number of rotatable bonds is 3. The van der Waals surface area contributed by atoms with E-state index in [0.29, 0.717) is 44.2 Å². The quantitative estimate of drug-likeness (QED) is 0.707. The summed E-state index contributed by atoms with van der Waals surface area (Å²) >= 11 is 0. The first kappa shape index (κ1) is 19.4. The molecular formula is C24H24N4O3. The molecule has 1 saturated heterocycles. The van der Waals surface area contributed by atoms with Crippen LogP contribution in [0.3, 0.4) is 0 Å². The largest absolute Gasteiger partial charge is 0.507 e. The second-order valence-corrected chi connectivity index (χ2v) is 7.91. The number of aromatic nitrogens is 2. The summed E-state index contributed by atoms with van der Waals surface area (Å²) in [5, 5.41) is 10.2. The smallest absolute Gasteiger partial charge is 0.253 e. The molecule has 0 spiro atoms. The fraction of sp³-hybridized carbons (Fsp3) is 0.292. The topological polar surface area (TPSA) is 78.8 Å². The molecule has 0 bridgehead atoms. The van der Waals surface area contributed by atoms with E-state index in [1.165, 1.54) is 0 Å². The van der Waals surface area contributed by atoms with E-state index >= 15 is 0 Å². The molecule has 1 amide bonds. The van der Waals surface area contributed by atoms with Crippen molar-refractivity contribution in [3.63, 3.8) is 0 Å². The fourth-order valence-corrected chi connectivity index (χ4v) is 4.14. The zero-order chi connectivity index (χ0) is 21.4. The van der Waals surface area contributed by atoms with Gasteiger partial charge in [0, 0.05) is 49.9 Å². The van der Waals surface area contributed by atoms with Crippen LogP contribution in [0.15, 0.2) is 48.5 Å². The van der Waals surface area contributed by atoms with Crippen molar-refractivity contribution in [2.45, 2.75) is 13.3 Å². The third-order valence-electron chi connectivity index (χ3n) is 5.81. The average molecular weight is 416 g/mol. The van der Waals surface area contributed by atoms with Gasteiger partial charge in [-0.15, -0.1) is 0 Å². The van der Waals surface area contributed by atoms with Gasteiger partial charge >= 0.3 is 0 Å². The number of aromatic hydroxyl groups is 1. The Kier molecular flexibility index (Phi) is 4.94. The molecule has 5 rings (SSSR count). The maximum absolute atomic E-state index is 13.0.